The van der Waals surface area contributed by atoms with Crippen molar-refractivity contribution in [3.63, 3.8) is 0 Å². The molecule has 17 heavy (non-hydrogen) atoms. The maximum absolute atomic E-state index is 5.66. The SMILES string of the molecule is COc1cccc([Si](C)(C)OOC(C)(C)C)c1. The fourth-order valence-corrected chi connectivity index (χ4v) is 2.82. The molecule has 0 radical (unpaired) electrons. The van der Waals surface area contributed by atoms with E-state index in [2.05, 4.69) is 19.2 Å². The summed E-state index contributed by atoms with van der Waals surface area (Å²) in [6, 6.07) is 7.97. The van der Waals surface area contributed by atoms with Crippen LogP contribution in [0.25, 0.3) is 0 Å². The van der Waals surface area contributed by atoms with Gasteiger partial charge < -0.3 is 4.74 Å². The topological polar surface area (TPSA) is 27.7 Å². The molecule has 0 bridgehead atoms. The lowest BCUT2D eigenvalue weighted by molar-refractivity contribution is -0.283. The molecule has 0 aliphatic rings. The van der Waals surface area contributed by atoms with E-state index in [0.717, 1.165) is 10.9 Å². The molecule has 1 aromatic carbocycles. The number of methoxy groups -OCH3 is 1. The van der Waals surface area contributed by atoms with E-state index >= 15 is 0 Å². The highest BCUT2D eigenvalue weighted by Gasteiger charge is 2.30. The molecule has 0 fully saturated rings. The predicted molar refractivity (Wildman–Crippen MR) is 72.0 cm³/mol. The highest BCUT2D eigenvalue weighted by atomic mass is 28.4. The Hall–Kier alpha value is -0.843. The Morgan fingerprint density at radius 3 is 2.29 bits per heavy atom. The number of rotatable bonds is 4. The molecule has 0 unspecified atom stereocenters. The van der Waals surface area contributed by atoms with E-state index in [4.69, 9.17) is 14.2 Å². The lowest BCUT2D eigenvalue weighted by atomic mass is 10.2. The summed E-state index contributed by atoms with van der Waals surface area (Å²) in [4.78, 5) is 5.44. The number of ether oxygens (including phenoxy) is 1. The maximum Gasteiger partial charge on any atom is 0.263 e. The van der Waals surface area contributed by atoms with Crippen LogP contribution in [0.2, 0.25) is 13.1 Å². The van der Waals surface area contributed by atoms with Gasteiger partial charge in [0, 0.05) is 0 Å². The largest absolute Gasteiger partial charge is 0.497 e. The predicted octanol–water partition coefficient (Wildman–Crippen LogP) is 2.85. The molecule has 4 heteroatoms. The molecule has 1 rings (SSSR count). The first-order valence-electron chi connectivity index (χ1n) is 5.76. The zero-order valence-electron chi connectivity index (χ0n) is 11.5. The summed E-state index contributed by atoms with van der Waals surface area (Å²) in [6.45, 7) is 10.1. The van der Waals surface area contributed by atoms with Crippen molar-refractivity contribution in [2.45, 2.75) is 39.5 Å². The lowest BCUT2D eigenvalue weighted by Gasteiger charge is -2.27. The molecule has 0 saturated carbocycles. The van der Waals surface area contributed by atoms with Gasteiger partial charge in [0.1, 0.15) is 5.75 Å². The summed E-state index contributed by atoms with van der Waals surface area (Å²) in [5, 5.41) is 1.15. The zero-order chi connectivity index (χ0) is 13.1. The molecule has 0 atom stereocenters. The number of hydrogen-bond donors (Lipinski definition) is 0. The Labute approximate surface area is 105 Å². The van der Waals surface area contributed by atoms with Gasteiger partial charge in [-0.15, -0.1) is 0 Å². The fraction of sp³-hybridized carbons (Fsp3) is 0.538. The van der Waals surface area contributed by atoms with E-state index in [1.807, 2.05) is 39.0 Å². The van der Waals surface area contributed by atoms with Gasteiger partial charge in [-0.2, -0.15) is 0 Å². The van der Waals surface area contributed by atoms with Gasteiger partial charge >= 0.3 is 0 Å². The minimum atomic E-state index is -2.04. The van der Waals surface area contributed by atoms with Gasteiger partial charge in [0.2, 0.25) is 0 Å². The van der Waals surface area contributed by atoms with Gasteiger partial charge in [-0.25, -0.2) is 4.89 Å². The minimum absolute atomic E-state index is 0.289. The smallest absolute Gasteiger partial charge is 0.263 e. The highest BCUT2D eigenvalue weighted by molar-refractivity contribution is 6.84. The molecule has 0 aromatic heterocycles. The molecular weight excluding hydrogens is 232 g/mol. The average molecular weight is 254 g/mol. The zero-order valence-corrected chi connectivity index (χ0v) is 12.5. The van der Waals surface area contributed by atoms with Gasteiger partial charge in [-0.3, -0.25) is 4.58 Å². The Morgan fingerprint density at radius 2 is 1.76 bits per heavy atom. The van der Waals surface area contributed by atoms with Gasteiger partial charge in [-0.1, -0.05) is 12.1 Å². The maximum atomic E-state index is 5.66. The third-order valence-electron chi connectivity index (χ3n) is 2.26. The van der Waals surface area contributed by atoms with Crippen LogP contribution in [0.4, 0.5) is 0 Å². The molecule has 0 aliphatic carbocycles. The number of hydrogen-bond acceptors (Lipinski definition) is 3. The Kier molecular flexibility index (Phi) is 4.35. The van der Waals surface area contributed by atoms with Crippen LogP contribution in [-0.2, 0) is 9.46 Å². The molecule has 0 spiro atoms. The first-order valence-corrected chi connectivity index (χ1v) is 8.67. The quantitative estimate of drug-likeness (QED) is 0.470. The molecule has 0 aliphatic heterocycles. The van der Waals surface area contributed by atoms with Crippen LogP contribution in [0.5, 0.6) is 5.75 Å². The van der Waals surface area contributed by atoms with Crippen molar-refractivity contribution in [3.8, 4) is 5.75 Å². The molecule has 0 saturated heterocycles. The molecule has 3 nitrogen and oxygen atoms in total. The average Bonchev–Trinajstić information content (AvgIpc) is 2.26. The second kappa shape index (κ2) is 5.21. The van der Waals surface area contributed by atoms with Crippen molar-refractivity contribution in [2.24, 2.45) is 0 Å². The molecule has 0 heterocycles. The summed E-state index contributed by atoms with van der Waals surface area (Å²) >= 11 is 0. The Bertz CT molecular complexity index is 369. The van der Waals surface area contributed by atoms with Crippen LogP contribution < -0.4 is 9.92 Å². The van der Waals surface area contributed by atoms with Crippen molar-refractivity contribution in [1.29, 1.82) is 0 Å². The van der Waals surface area contributed by atoms with Crippen LogP contribution >= 0.6 is 0 Å². The Morgan fingerprint density at radius 1 is 1.12 bits per heavy atom. The lowest BCUT2D eigenvalue weighted by Crippen LogP contribution is -2.46. The van der Waals surface area contributed by atoms with Crippen LogP contribution in [-0.4, -0.2) is 21.0 Å². The van der Waals surface area contributed by atoms with Crippen LogP contribution in [0.3, 0.4) is 0 Å². The highest BCUT2D eigenvalue weighted by Crippen LogP contribution is 2.16. The van der Waals surface area contributed by atoms with Crippen LogP contribution in [0, 0.1) is 0 Å². The van der Waals surface area contributed by atoms with Crippen molar-refractivity contribution in [3.05, 3.63) is 24.3 Å². The van der Waals surface area contributed by atoms with E-state index in [-0.39, 0.29) is 5.60 Å². The van der Waals surface area contributed by atoms with E-state index in [1.54, 1.807) is 7.11 Å². The number of benzene rings is 1. The molecule has 1 aromatic rings. The summed E-state index contributed by atoms with van der Waals surface area (Å²) in [6.07, 6.45) is 0. The van der Waals surface area contributed by atoms with E-state index in [0.29, 0.717) is 0 Å². The normalized spacial score (nSPS) is 12.6. The standard InChI is InChI=1S/C13H22O3Si/c1-13(2,3)15-16-17(5,6)12-9-7-8-11(10-12)14-4/h7-10H,1-6H3. The molecular formula is C13H22O3Si. The second-order valence-corrected chi connectivity index (χ2v) is 9.29. The van der Waals surface area contributed by atoms with E-state index in [9.17, 15) is 0 Å². The van der Waals surface area contributed by atoms with Crippen molar-refractivity contribution in [1.82, 2.24) is 0 Å². The first-order chi connectivity index (χ1) is 7.74. The fourth-order valence-electron chi connectivity index (χ4n) is 1.27. The summed E-state index contributed by atoms with van der Waals surface area (Å²) < 4.78 is 10.9. The van der Waals surface area contributed by atoms with Crippen molar-refractivity contribution >= 4 is 13.5 Å². The summed E-state index contributed by atoms with van der Waals surface area (Å²) in [5.41, 5.74) is -0.289. The van der Waals surface area contributed by atoms with E-state index in [1.165, 1.54) is 0 Å². The summed E-state index contributed by atoms with van der Waals surface area (Å²) in [5.74, 6) is 0.849. The van der Waals surface area contributed by atoms with Gasteiger partial charge in [0.25, 0.3) is 8.32 Å². The third kappa shape index (κ3) is 4.50. The Balaban J connectivity index is 2.81. The third-order valence-corrected chi connectivity index (χ3v) is 4.47. The van der Waals surface area contributed by atoms with Crippen LogP contribution in [0.15, 0.2) is 24.3 Å². The monoisotopic (exact) mass is 254 g/mol. The van der Waals surface area contributed by atoms with Gasteiger partial charge in [-0.05, 0) is 51.2 Å². The summed E-state index contributed by atoms with van der Waals surface area (Å²) in [7, 11) is -0.372. The van der Waals surface area contributed by atoms with Crippen molar-refractivity contribution < 1.29 is 14.2 Å². The molecule has 0 amide bonds. The van der Waals surface area contributed by atoms with Gasteiger partial charge in [0.15, 0.2) is 0 Å². The molecule has 96 valence electrons. The minimum Gasteiger partial charge on any atom is -0.497 e. The van der Waals surface area contributed by atoms with Crippen LogP contribution in [0.1, 0.15) is 20.8 Å². The second-order valence-electron chi connectivity index (χ2n) is 5.52. The first kappa shape index (κ1) is 14.2. The molecule has 0 N–H and O–H groups in total. The van der Waals surface area contributed by atoms with E-state index < -0.39 is 8.32 Å². The van der Waals surface area contributed by atoms with Crippen molar-refractivity contribution in [2.75, 3.05) is 7.11 Å². The van der Waals surface area contributed by atoms with Gasteiger partial charge in [0.05, 0.1) is 12.7 Å².